The topological polar surface area (TPSA) is 116 Å². The number of benzene rings is 3. The van der Waals surface area contributed by atoms with Crippen LogP contribution in [0.3, 0.4) is 0 Å². The van der Waals surface area contributed by atoms with E-state index in [-0.39, 0.29) is 28.3 Å². The lowest BCUT2D eigenvalue weighted by Crippen LogP contribution is -2.31. The molecule has 0 unspecified atom stereocenters. The predicted octanol–water partition coefficient (Wildman–Crippen LogP) is 5.70. The molecule has 1 fully saturated rings. The van der Waals surface area contributed by atoms with Gasteiger partial charge in [0.05, 0.1) is 17.4 Å². The molecule has 1 aliphatic rings. The lowest BCUT2D eigenvalue weighted by molar-refractivity contribution is 0.0980. The molecular weight excluding hydrogens is 542 g/mol. The Bertz CT molecular complexity index is 2050. The van der Waals surface area contributed by atoms with Crippen LogP contribution in [0.2, 0.25) is 0 Å². The van der Waals surface area contributed by atoms with Crippen molar-refractivity contribution < 1.29 is 38.4 Å². The Hall–Kier alpha value is -4.31. The number of sulfonamides is 1. The number of carbonyl (C=O) groups excluding carboxylic acids is 2. The summed E-state index contributed by atoms with van der Waals surface area (Å²) in [5, 5.41) is 3.15. The van der Waals surface area contributed by atoms with Crippen molar-refractivity contribution in [3.05, 3.63) is 89.1 Å². The molecule has 0 spiro atoms. The van der Waals surface area contributed by atoms with E-state index in [1.807, 2.05) is 4.72 Å². The molecule has 214 valence electrons. The summed E-state index contributed by atoms with van der Waals surface area (Å²) >= 11 is 0. The second-order valence-corrected chi connectivity index (χ2v) is 11.2. The zero-order valence-corrected chi connectivity index (χ0v) is 23.1. The van der Waals surface area contributed by atoms with Crippen LogP contribution in [0.25, 0.3) is 10.9 Å². The van der Waals surface area contributed by atoms with Crippen LogP contribution < -0.4 is 14.8 Å². The van der Waals surface area contributed by atoms with Crippen LogP contribution in [0.5, 0.6) is 5.75 Å². The first-order valence-corrected chi connectivity index (χ1v) is 14.1. The highest BCUT2D eigenvalue weighted by Crippen LogP contribution is 2.30. The van der Waals surface area contributed by atoms with E-state index >= 15 is 0 Å². The second-order valence-electron chi connectivity index (χ2n) is 9.56. The maximum atomic E-state index is 13.0. The van der Waals surface area contributed by atoms with Crippen LogP contribution in [0.1, 0.15) is 63.6 Å². The number of ether oxygens (including phenoxy) is 2. The number of hydrogen-bond donors (Lipinski definition) is 2. The summed E-state index contributed by atoms with van der Waals surface area (Å²) in [7, 11) is -5.36. The number of methoxy groups -OCH3 is 1. The molecule has 41 heavy (non-hydrogen) atoms. The van der Waals surface area contributed by atoms with Crippen LogP contribution in [0.4, 0.5) is 10.5 Å². The fourth-order valence-electron chi connectivity index (χ4n) is 4.66. The number of nitrogens with one attached hydrogen (secondary N) is 2. The van der Waals surface area contributed by atoms with Gasteiger partial charge in [0.1, 0.15) is 11.8 Å². The predicted molar refractivity (Wildman–Crippen MR) is 157 cm³/mol. The van der Waals surface area contributed by atoms with Crippen LogP contribution in [-0.4, -0.2) is 38.1 Å². The average molecular weight is 584 g/mol. The van der Waals surface area contributed by atoms with E-state index < -0.39 is 60.7 Å². The number of aryl methyl sites for hydroxylation is 2. The van der Waals surface area contributed by atoms with Gasteiger partial charge in [-0.05, 0) is 85.6 Å². The Morgan fingerprint density at radius 3 is 2.63 bits per heavy atom. The van der Waals surface area contributed by atoms with Gasteiger partial charge in [0.15, 0.2) is 0 Å². The molecule has 0 radical (unpaired) electrons. The largest absolute Gasteiger partial charge is 0.496 e. The normalized spacial score (nSPS) is 20.1. The molecule has 1 heterocycles. The first-order valence-electron chi connectivity index (χ1n) is 16.6. The van der Waals surface area contributed by atoms with Gasteiger partial charge >= 0.3 is 6.09 Å². The van der Waals surface area contributed by atoms with Gasteiger partial charge in [0.2, 0.25) is 0 Å². The molecule has 4 aromatic rings. The minimum Gasteiger partial charge on any atom is -0.496 e. The summed E-state index contributed by atoms with van der Waals surface area (Å²) in [6, 6.07) is 15.0. The van der Waals surface area contributed by atoms with E-state index in [9.17, 15) is 18.0 Å². The maximum Gasteiger partial charge on any atom is 0.411 e. The molecular formula is C31H33N3O6S. The number of amides is 2. The Labute approximate surface area is 250 Å². The van der Waals surface area contributed by atoms with Crippen LogP contribution in [-0.2, 0) is 28.2 Å². The lowest BCUT2D eigenvalue weighted by atomic mass is 10.0. The van der Waals surface area contributed by atoms with Gasteiger partial charge in [0.25, 0.3) is 15.9 Å². The molecule has 0 saturated heterocycles. The molecule has 10 heteroatoms. The number of fused-ring (bicyclic) bond motifs is 1. The molecule has 9 nitrogen and oxygen atoms in total. The van der Waals surface area contributed by atoms with Gasteiger partial charge < -0.3 is 14.0 Å². The molecule has 1 saturated carbocycles. The Balaban J connectivity index is 1.40. The molecule has 0 aliphatic heterocycles. The summed E-state index contributed by atoms with van der Waals surface area (Å²) in [6.07, 6.45) is -7.26. The highest BCUT2D eigenvalue weighted by molar-refractivity contribution is 7.90. The van der Waals surface area contributed by atoms with E-state index in [2.05, 4.69) is 5.32 Å². The Morgan fingerprint density at radius 2 is 1.88 bits per heavy atom. The van der Waals surface area contributed by atoms with E-state index in [1.165, 1.54) is 24.3 Å². The van der Waals surface area contributed by atoms with Gasteiger partial charge in [-0.1, -0.05) is 24.3 Å². The van der Waals surface area contributed by atoms with Crippen molar-refractivity contribution in [3.63, 3.8) is 0 Å². The first kappa shape index (κ1) is 19.7. The third-order valence-electron chi connectivity index (χ3n) is 6.68. The summed E-state index contributed by atoms with van der Waals surface area (Å²) in [4.78, 5) is 25.7. The second kappa shape index (κ2) is 11.7. The van der Waals surface area contributed by atoms with Gasteiger partial charge in [-0.2, -0.15) is 0 Å². The number of rotatable bonds is 8. The van der Waals surface area contributed by atoms with Crippen molar-refractivity contribution in [1.82, 2.24) is 9.29 Å². The van der Waals surface area contributed by atoms with E-state index in [0.29, 0.717) is 22.1 Å². The highest BCUT2D eigenvalue weighted by Gasteiger charge is 2.22. The number of carbonyl (C=O) groups is 2. The third-order valence-corrected chi connectivity index (χ3v) is 8.17. The van der Waals surface area contributed by atoms with E-state index in [0.717, 1.165) is 11.6 Å². The summed E-state index contributed by atoms with van der Waals surface area (Å²) in [5.41, 5.74) is 2.30. The van der Waals surface area contributed by atoms with E-state index in [1.54, 1.807) is 55.1 Å². The Kier molecular flexibility index (Phi) is 5.61. The zero-order valence-electron chi connectivity index (χ0n) is 30.3. The Morgan fingerprint density at radius 1 is 1.10 bits per heavy atom. The SMILES string of the molecule is [2H]C([2H])([2H])Oc1cc(C(=O)NS(=O)(=O)c2ccccc2C)ccc1Cc1cn(C)c2ccc(NC(=O)OC3([2H])CC([2H])([2H])C([2H])([2H])C3)cc12. The molecule has 3 aromatic carbocycles. The van der Waals surface area contributed by atoms with Crippen molar-refractivity contribution in [1.29, 1.82) is 0 Å². The first-order chi connectivity index (χ1) is 22.6. The molecule has 0 atom stereocenters. The van der Waals surface area contributed by atoms with Crippen molar-refractivity contribution in [2.45, 2.75) is 49.9 Å². The number of anilines is 1. The van der Waals surface area contributed by atoms with Gasteiger partial charge in [-0.15, -0.1) is 0 Å². The monoisotopic (exact) mass is 583 g/mol. The number of nitrogens with zero attached hydrogens (tertiary/aromatic N) is 1. The van der Waals surface area contributed by atoms with Gasteiger partial charge in [-0.3, -0.25) is 10.1 Å². The lowest BCUT2D eigenvalue weighted by Gasteiger charge is -2.13. The average Bonchev–Trinajstić information content (AvgIpc) is 3.34. The molecule has 5 rings (SSSR count). The standard InChI is InChI=1S/C31H33N3O6S/c1-20-8-4-7-11-29(20)41(37,38)33-30(35)22-13-12-21(28(17-22)39-3)16-23-19-34(2)27-15-14-24(18-26(23)27)32-31(36)40-25-9-5-6-10-25/h4,7-8,11-15,17-19,25H,5-6,9-10,16H2,1-3H3,(H,32,36)(H,33,35)/i3D3,5D2,6D2,25D. The zero-order chi connectivity index (χ0) is 36.2. The summed E-state index contributed by atoms with van der Waals surface area (Å²) < 4.78 is 103. The minimum atomic E-state index is -4.24. The molecule has 0 bridgehead atoms. The van der Waals surface area contributed by atoms with Crippen LogP contribution >= 0.6 is 0 Å². The smallest absolute Gasteiger partial charge is 0.411 e. The fraction of sp³-hybridized carbons (Fsp3) is 0.290. The highest BCUT2D eigenvalue weighted by atomic mass is 32.2. The van der Waals surface area contributed by atoms with Crippen molar-refractivity contribution >= 4 is 38.6 Å². The number of aromatic nitrogens is 1. The fourth-order valence-corrected chi connectivity index (χ4v) is 5.88. The van der Waals surface area contributed by atoms with Crippen molar-refractivity contribution in [3.8, 4) is 5.75 Å². The van der Waals surface area contributed by atoms with Gasteiger partial charge in [0, 0.05) is 47.3 Å². The van der Waals surface area contributed by atoms with Crippen molar-refractivity contribution in [2.75, 3.05) is 12.4 Å². The summed E-state index contributed by atoms with van der Waals surface area (Å²) in [6.45, 7) is 1.58. The maximum absolute atomic E-state index is 13.0. The van der Waals surface area contributed by atoms with Crippen molar-refractivity contribution in [2.24, 2.45) is 7.05 Å². The molecule has 1 aromatic heterocycles. The van der Waals surface area contributed by atoms with E-state index in [4.69, 9.17) is 20.4 Å². The van der Waals surface area contributed by atoms with Crippen LogP contribution in [0, 0.1) is 6.92 Å². The quantitative estimate of drug-likeness (QED) is 0.275. The molecule has 1 aliphatic carbocycles. The third kappa shape index (κ3) is 6.22. The molecule has 2 N–H and O–H groups in total. The minimum absolute atomic E-state index is 0.0831. The summed E-state index contributed by atoms with van der Waals surface area (Å²) in [5.74, 6) is -1.16. The van der Waals surface area contributed by atoms with Gasteiger partial charge in [-0.25, -0.2) is 17.9 Å². The van der Waals surface area contributed by atoms with Crippen LogP contribution in [0.15, 0.2) is 71.8 Å². The number of hydrogen-bond acceptors (Lipinski definition) is 6. The molecule has 2 amide bonds.